The van der Waals surface area contributed by atoms with E-state index in [1.165, 1.54) is 19.3 Å². The molecule has 0 saturated heterocycles. The molecule has 0 bridgehead atoms. The normalized spacial score (nSPS) is 14.4. The first-order valence-corrected chi connectivity index (χ1v) is 9.41. The number of oxazole rings is 1. The van der Waals surface area contributed by atoms with Gasteiger partial charge in [-0.1, -0.05) is 29.8 Å². The molecule has 0 fully saturated rings. The molecule has 7 heteroatoms. The second-order valence-electron chi connectivity index (χ2n) is 5.80. The molecule has 3 heterocycles. The Morgan fingerprint density at radius 2 is 2.00 bits per heavy atom. The van der Waals surface area contributed by atoms with Crippen molar-refractivity contribution in [3.63, 3.8) is 0 Å². The molecule has 124 valence electrons. The van der Waals surface area contributed by atoms with Gasteiger partial charge in [0.05, 0.1) is 5.69 Å². The third-order valence-electron chi connectivity index (χ3n) is 4.07. The minimum atomic E-state index is 0.613. The van der Waals surface area contributed by atoms with Crippen LogP contribution in [0.15, 0.2) is 40.1 Å². The predicted molar refractivity (Wildman–Crippen MR) is 94.1 cm³/mol. The number of nitrogens with zero attached hydrogens (tertiary/aromatic N) is 4. The summed E-state index contributed by atoms with van der Waals surface area (Å²) in [6.45, 7) is 1.01. The highest BCUT2D eigenvalue weighted by Crippen LogP contribution is 2.26. The van der Waals surface area contributed by atoms with E-state index < -0.39 is 0 Å². The molecule has 0 saturated carbocycles. The number of benzene rings is 1. The number of hydrogen-bond acceptors (Lipinski definition) is 5. The molecule has 1 aromatic carbocycles. The molecule has 3 aromatic rings. The Hall–Kier alpha value is -1.79. The molecule has 0 atom stereocenters. The molecule has 0 radical (unpaired) electrons. The molecule has 5 nitrogen and oxygen atoms in total. The van der Waals surface area contributed by atoms with E-state index in [4.69, 9.17) is 16.0 Å². The van der Waals surface area contributed by atoms with E-state index in [0.29, 0.717) is 10.9 Å². The van der Waals surface area contributed by atoms with Crippen molar-refractivity contribution in [1.29, 1.82) is 0 Å². The van der Waals surface area contributed by atoms with Gasteiger partial charge in [0.2, 0.25) is 5.89 Å². The van der Waals surface area contributed by atoms with E-state index in [1.54, 1.807) is 18.0 Å². The van der Waals surface area contributed by atoms with Gasteiger partial charge < -0.3 is 8.98 Å². The van der Waals surface area contributed by atoms with Crippen molar-refractivity contribution in [2.45, 2.75) is 43.1 Å². The van der Waals surface area contributed by atoms with Crippen LogP contribution in [-0.2, 0) is 18.7 Å². The molecule has 4 rings (SSSR count). The second kappa shape index (κ2) is 6.99. The van der Waals surface area contributed by atoms with E-state index in [1.807, 2.05) is 24.3 Å². The highest BCUT2D eigenvalue weighted by atomic mass is 35.5. The molecule has 0 unspecified atom stereocenters. The Balaban J connectivity index is 1.45. The molecule has 1 aliphatic rings. The highest BCUT2D eigenvalue weighted by Gasteiger charge is 2.16. The first-order valence-electron chi connectivity index (χ1n) is 8.05. The fraction of sp³-hybridized carbons (Fsp3) is 0.353. The molecule has 0 amide bonds. The standard InChI is InChI=1S/C17H17ClN4OS/c18-13-7-5-12(6-8-13)16-19-14(10-23-16)11-24-17-21-20-15-4-2-1-3-9-22(15)17/h5-8,10H,1-4,9,11H2. The smallest absolute Gasteiger partial charge is 0.226 e. The third kappa shape index (κ3) is 3.35. The van der Waals surface area contributed by atoms with Gasteiger partial charge in [-0.3, -0.25) is 0 Å². The summed E-state index contributed by atoms with van der Waals surface area (Å²) in [5, 5.41) is 10.3. The number of thioether (sulfide) groups is 1. The third-order valence-corrected chi connectivity index (χ3v) is 5.32. The van der Waals surface area contributed by atoms with Crippen molar-refractivity contribution < 1.29 is 4.42 Å². The van der Waals surface area contributed by atoms with Gasteiger partial charge in [0.25, 0.3) is 0 Å². The lowest BCUT2D eigenvalue weighted by Gasteiger charge is -2.05. The first kappa shape index (κ1) is 15.7. The molecule has 2 aromatic heterocycles. The maximum atomic E-state index is 5.91. The van der Waals surface area contributed by atoms with Crippen LogP contribution >= 0.6 is 23.4 Å². The topological polar surface area (TPSA) is 56.7 Å². The van der Waals surface area contributed by atoms with Crippen LogP contribution < -0.4 is 0 Å². The lowest BCUT2D eigenvalue weighted by molar-refractivity contribution is 0.573. The summed E-state index contributed by atoms with van der Waals surface area (Å²) in [6.07, 6.45) is 6.40. The minimum absolute atomic E-state index is 0.613. The zero-order valence-corrected chi connectivity index (χ0v) is 14.7. The minimum Gasteiger partial charge on any atom is -0.444 e. The van der Waals surface area contributed by atoms with Gasteiger partial charge in [0.1, 0.15) is 12.1 Å². The van der Waals surface area contributed by atoms with Gasteiger partial charge in [0.15, 0.2) is 5.16 Å². The second-order valence-corrected chi connectivity index (χ2v) is 7.18. The summed E-state index contributed by atoms with van der Waals surface area (Å²) in [6, 6.07) is 7.48. The maximum Gasteiger partial charge on any atom is 0.226 e. The monoisotopic (exact) mass is 360 g/mol. The van der Waals surface area contributed by atoms with Crippen molar-refractivity contribution in [2.24, 2.45) is 0 Å². The number of aromatic nitrogens is 4. The SMILES string of the molecule is Clc1ccc(-c2nc(CSc3nnc4n3CCCCC4)co2)cc1. The average molecular weight is 361 g/mol. The maximum absolute atomic E-state index is 5.91. The Morgan fingerprint density at radius 3 is 2.88 bits per heavy atom. The van der Waals surface area contributed by atoms with Gasteiger partial charge in [-0.25, -0.2) is 4.98 Å². The van der Waals surface area contributed by atoms with Crippen LogP contribution in [0, 0.1) is 0 Å². The van der Waals surface area contributed by atoms with E-state index in [9.17, 15) is 0 Å². The summed E-state index contributed by atoms with van der Waals surface area (Å²) in [5.41, 5.74) is 1.82. The number of halogens is 1. The summed E-state index contributed by atoms with van der Waals surface area (Å²) >= 11 is 7.57. The Kier molecular flexibility index (Phi) is 4.58. The Bertz CT molecular complexity index is 827. The van der Waals surface area contributed by atoms with Crippen LogP contribution in [0.1, 0.15) is 30.8 Å². The number of fused-ring (bicyclic) bond motifs is 1. The molecule has 1 aliphatic heterocycles. The molecular weight excluding hydrogens is 344 g/mol. The van der Waals surface area contributed by atoms with Crippen molar-refractivity contribution in [3.8, 4) is 11.5 Å². The zero-order valence-electron chi connectivity index (χ0n) is 13.1. The Morgan fingerprint density at radius 1 is 1.12 bits per heavy atom. The van der Waals surface area contributed by atoms with Crippen molar-refractivity contribution in [3.05, 3.63) is 47.1 Å². The first-order chi connectivity index (χ1) is 11.8. The Labute approximate surface area is 149 Å². The average Bonchev–Trinajstić information content (AvgIpc) is 3.15. The lowest BCUT2D eigenvalue weighted by atomic mass is 10.2. The molecular formula is C17H17ClN4OS. The number of rotatable bonds is 4. The molecule has 0 N–H and O–H groups in total. The van der Waals surface area contributed by atoms with Gasteiger partial charge in [-0.2, -0.15) is 0 Å². The number of hydrogen-bond donors (Lipinski definition) is 0. The quantitative estimate of drug-likeness (QED) is 0.636. The van der Waals surface area contributed by atoms with Crippen LogP contribution in [0.25, 0.3) is 11.5 Å². The summed E-state index contributed by atoms with van der Waals surface area (Å²) in [5.74, 6) is 2.44. The largest absolute Gasteiger partial charge is 0.444 e. The van der Waals surface area contributed by atoms with Crippen molar-refractivity contribution in [2.75, 3.05) is 0 Å². The fourth-order valence-electron chi connectivity index (χ4n) is 2.80. The summed E-state index contributed by atoms with van der Waals surface area (Å²) in [7, 11) is 0. The van der Waals surface area contributed by atoms with Gasteiger partial charge in [0, 0.05) is 29.3 Å². The van der Waals surface area contributed by atoms with Crippen LogP contribution in [0.3, 0.4) is 0 Å². The lowest BCUT2D eigenvalue weighted by Crippen LogP contribution is -2.02. The van der Waals surface area contributed by atoms with Gasteiger partial charge in [-0.05, 0) is 37.1 Å². The number of aryl methyl sites for hydroxylation is 1. The fourth-order valence-corrected chi connectivity index (χ4v) is 3.79. The van der Waals surface area contributed by atoms with E-state index in [-0.39, 0.29) is 0 Å². The molecule has 0 spiro atoms. The van der Waals surface area contributed by atoms with E-state index in [2.05, 4.69) is 19.7 Å². The van der Waals surface area contributed by atoms with Crippen molar-refractivity contribution in [1.82, 2.24) is 19.7 Å². The van der Waals surface area contributed by atoms with Crippen LogP contribution in [0.5, 0.6) is 0 Å². The van der Waals surface area contributed by atoms with E-state index in [0.717, 1.165) is 41.0 Å². The van der Waals surface area contributed by atoms with Gasteiger partial charge in [-0.15, -0.1) is 10.2 Å². The van der Waals surface area contributed by atoms with Crippen LogP contribution in [-0.4, -0.2) is 19.7 Å². The van der Waals surface area contributed by atoms with E-state index >= 15 is 0 Å². The predicted octanol–water partition coefficient (Wildman–Crippen LogP) is 4.61. The van der Waals surface area contributed by atoms with Gasteiger partial charge >= 0.3 is 0 Å². The molecule has 24 heavy (non-hydrogen) atoms. The highest BCUT2D eigenvalue weighted by molar-refractivity contribution is 7.98. The van der Waals surface area contributed by atoms with Crippen LogP contribution in [0.2, 0.25) is 5.02 Å². The van der Waals surface area contributed by atoms with Crippen molar-refractivity contribution >= 4 is 23.4 Å². The summed E-state index contributed by atoms with van der Waals surface area (Å²) < 4.78 is 7.83. The van der Waals surface area contributed by atoms with Crippen LogP contribution in [0.4, 0.5) is 0 Å². The summed E-state index contributed by atoms with van der Waals surface area (Å²) in [4.78, 5) is 4.55. The zero-order chi connectivity index (χ0) is 16.4. The molecule has 0 aliphatic carbocycles.